The number of rotatable bonds is 4. The van der Waals surface area contributed by atoms with Gasteiger partial charge >= 0.3 is 0 Å². The second-order valence-corrected chi connectivity index (χ2v) is 5.07. The fourth-order valence-corrected chi connectivity index (χ4v) is 2.34. The van der Waals surface area contributed by atoms with Gasteiger partial charge in [0.2, 0.25) is 0 Å². The van der Waals surface area contributed by atoms with E-state index in [4.69, 9.17) is 0 Å². The molecule has 1 heterocycles. The van der Waals surface area contributed by atoms with Gasteiger partial charge in [0.05, 0.1) is 6.33 Å². The van der Waals surface area contributed by atoms with Crippen LogP contribution in [0, 0.1) is 0 Å². The standard InChI is InChI=1S/C9H11Br2N3O/c10-3-4-14(6-1-2-6)8-7(11)9(15)13-5-12-8/h5-6H,1-4H2,(H,12,13,15). The fraction of sp³-hybridized carbons (Fsp3) is 0.556. The minimum atomic E-state index is -0.125. The zero-order valence-electron chi connectivity index (χ0n) is 8.04. The Morgan fingerprint density at radius 3 is 2.93 bits per heavy atom. The monoisotopic (exact) mass is 335 g/mol. The summed E-state index contributed by atoms with van der Waals surface area (Å²) in [6.45, 7) is 0.875. The largest absolute Gasteiger partial charge is 0.352 e. The molecule has 1 aromatic rings. The van der Waals surface area contributed by atoms with Crippen LogP contribution >= 0.6 is 31.9 Å². The predicted octanol–water partition coefficient (Wildman–Crippen LogP) is 1.90. The van der Waals surface area contributed by atoms with Gasteiger partial charge in [0.15, 0.2) is 5.82 Å². The molecule has 0 radical (unpaired) electrons. The van der Waals surface area contributed by atoms with Gasteiger partial charge in [0, 0.05) is 17.9 Å². The van der Waals surface area contributed by atoms with E-state index in [-0.39, 0.29) is 5.56 Å². The van der Waals surface area contributed by atoms with Gasteiger partial charge in [-0.15, -0.1) is 0 Å². The van der Waals surface area contributed by atoms with Gasteiger partial charge in [0.25, 0.3) is 5.56 Å². The first-order valence-corrected chi connectivity index (χ1v) is 6.71. The Morgan fingerprint density at radius 2 is 2.33 bits per heavy atom. The maximum atomic E-state index is 11.4. The maximum absolute atomic E-state index is 11.4. The van der Waals surface area contributed by atoms with Crippen molar-refractivity contribution in [2.75, 3.05) is 16.8 Å². The van der Waals surface area contributed by atoms with Crippen LogP contribution in [0.1, 0.15) is 12.8 Å². The zero-order chi connectivity index (χ0) is 10.8. The maximum Gasteiger partial charge on any atom is 0.267 e. The molecule has 1 saturated carbocycles. The van der Waals surface area contributed by atoms with Crippen molar-refractivity contribution in [1.29, 1.82) is 0 Å². The summed E-state index contributed by atoms with van der Waals surface area (Å²) in [6.07, 6.45) is 3.83. The third kappa shape index (κ3) is 2.42. The number of nitrogens with zero attached hydrogens (tertiary/aromatic N) is 2. The summed E-state index contributed by atoms with van der Waals surface area (Å²) in [5.74, 6) is 0.751. The minimum absolute atomic E-state index is 0.125. The molecule has 0 unspecified atom stereocenters. The third-order valence-electron chi connectivity index (χ3n) is 2.36. The van der Waals surface area contributed by atoms with E-state index in [1.165, 1.54) is 19.2 Å². The van der Waals surface area contributed by atoms with Gasteiger partial charge in [-0.05, 0) is 28.8 Å². The number of hydrogen-bond acceptors (Lipinski definition) is 3. The van der Waals surface area contributed by atoms with Crippen molar-refractivity contribution in [2.24, 2.45) is 0 Å². The first kappa shape index (κ1) is 11.1. The van der Waals surface area contributed by atoms with Gasteiger partial charge in [-0.25, -0.2) is 4.98 Å². The minimum Gasteiger partial charge on any atom is -0.352 e. The van der Waals surface area contributed by atoms with E-state index >= 15 is 0 Å². The highest BCUT2D eigenvalue weighted by Gasteiger charge is 2.31. The van der Waals surface area contributed by atoms with Crippen LogP contribution in [0.15, 0.2) is 15.6 Å². The van der Waals surface area contributed by atoms with E-state index in [2.05, 4.69) is 46.7 Å². The Kier molecular flexibility index (Phi) is 3.45. The summed E-state index contributed by atoms with van der Waals surface area (Å²) < 4.78 is 0.526. The first-order valence-electron chi connectivity index (χ1n) is 4.80. The quantitative estimate of drug-likeness (QED) is 0.854. The Balaban J connectivity index is 2.32. The molecular weight excluding hydrogens is 326 g/mol. The molecule has 6 heteroatoms. The van der Waals surface area contributed by atoms with Crippen LogP contribution < -0.4 is 10.5 Å². The number of H-pyrrole nitrogens is 1. The summed E-state index contributed by atoms with van der Waals surface area (Å²) in [6, 6.07) is 0.549. The molecule has 1 fully saturated rings. The molecule has 0 atom stereocenters. The van der Waals surface area contributed by atoms with Gasteiger partial charge < -0.3 is 9.88 Å². The van der Waals surface area contributed by atoms with E-state index in [0.717, 1.165) is 17.7 Å². The molecule has 4 nitrogen and oxygen atoms in total. The number of aromatic amines is 1. The average molecular weight is 337 g/mol. The lowest BCUT2D eigenvalue weighted by Crippen LogP contribution is -2.30. The molecule has 0 amide bonds. The highest BCUT2D eigenvalue weighted by Crippen LogP contribution is 2.32. The van der Waals surface area contributed by atoms with Crippen LogP contribution in [0.3, 0.4) is 0 Å². The van der Waals surface area contributed by atoms with Crippen LogP contribution in [-0.4, -0.2) is 27.9 Å². The van der Waals surface area contributed by atoms with E-state index in [9.17, 15) is 4.79 Å². The van der Waals surface area contributed by atoms with Crippen LogP contribution in [0.4, 0.5) is 5.82 Å². The molecule has 1 aliphatic carbocycles. The first-order chi connectivity index (χ1) is 7.24. The van der Waals surface area contributed by atoms with Crippen molar-refractivity contribution >= 4 is 37.7 Å². The van der Waals surface area contributed by atoms with Crippen LogP contribution in [0.25, 0.3) is 0 Å². The average Bonchev–Trinajstić information content (AvgIpc) is 3.03. The van der Waals surface area contributed by atoms with Crippen molar-refractivity contribution in [3.63, 3.8) is 0 Å². The molecule has 0 spiro atoms. The predicted molar refractivity (Wildman–Crippen MR) is 66.7 cm³/mol. The van der Waals surface area contributed by atoms with E-state index in [0.29, 0.717) is 10.5 Å². The fourth-order valence-electron chi connectivity index (χ4n) is 1.51. The summed E-state index contributed by atoms with van der Waals surface area (Å²) in [4.78, 5) is 20.4. The second-order valence-electron chi connectivity index (χ2n) is 3.48. The smallest absolute Gasteiger partial charge is 0.267 e. The van der Waals surface area contributed by atoms with Crippen LogP contribution in [0.2, 0.25) is 0 Å². The van der Waals surface area contributed by atoms with Gasteiger partial charge in [-0.3, -0.25) is 4.79 Å². The Hall–Kier alpha value is -0.360. The van der Waals surface area contributed by atoms with Gasteiger partial charge in [-0.2, -0.15) is 0 Å². The lowest BCUT2D eigenvalue weighted by Gasteiger charge is -2.22. The van der Waals surface area contributed by atoms with Crippen LogP contribution in [0.5, 0.6) is 0 Å². The molecule has 0 aromatic carbocycles. The van der Waals surface area contributed by atoms with E-state index in [1.54, 1.807) is 0 Å². The summed E-state index contributed by atoms with van der Waals surface area (Å²) >= 11 is 6.70. The molecular formula is C9H11Br2N3O. The molecule has 15 heavy (non-hydrogen) atoms. The normalized spacial score (nSPS) is 15.3. The van der Waals surface area contributed by atoms with Crippen molar-refractivity contribution in [3.8, 4) is 0 Å². The number of alkyl halides is 1. The van der Waals surface area contributed by atoms with Crippen LogP contribution in [-0.2, 0) is 0 Å². The molecule has 1 aliphatic rings. The SMILES string of the molecule is O=c1[nH]cnc(N(CCBr)C2CC2)c1Br. The molecule has 82 valence electrons. The lowest BCUT2D eigenvalue weighted by molar-refractivity contribution is 0.805. The van der Waals surface area contributed by atoms with Crippen molar-refractivity contribution in [2.45, 2.75) is 18.9 Å². The summed E-state index contributed by atoms with van der Waals surface area (Å²) in [7, 11) is 0. The van der Waals surface area contributed by atoms with Crippen molar-refractivity contribution < 1.29 is 0 Å². The number of nitrogens with one attached hydrogen (secondary N) is 1. The van der Waals surface area contributed by atoms with E-state index in [1.807, 2.05) is 0 Å². The molecule has 1 aromatic heterocycles. The number of aromatic nitrogens is 2. The molecule has 1 N–H and O–H groups in total. The summed E-state index contributed by atoms with van der Waals surface area (Å²) in [5, 5.41) is 0.879. The Labute approximate surface area is 104 Å². The molecule has 0 aliphatic heterocycles. The molecule has 0 bridgehead atoms. The molecule has 2 rings (SSSR count). The highest BCUT2D eigenvalue weighted by molar-refractivity contribution is 9.10. The Morgan fingerprint density at radius 1 is 1.60 bits per heavy atom. The van der Waals surface area contributed by atoms with Gasteiger partial charge in [-0.1, -0.05) is 15.9 Å². The van der Waals surface area contributed by atoms with Gasteiger partial charge in [0.1, 0.15) is 4.47 Å². The van der Waals surface area contributed by atoms with Crippen molar-refractivity contribution in [1.82, 2.24) is 9.97 Å². The number of anilines is 1. The summed E-state index contributed by atoms with van der Waals surface area (Å²) in [5.41, 5.74) is -0.125. The molecule has 0 saturated heterocycles. The second kappa shape index (κ2) is 4.65. The van der Waals surface area contributed by atoms with E-state index < -0.39 is 0 Å². The lowest BCUT2D eigenvalue weighted by atomic mass is 10.4. The number of halogens is 2. The highest BCUT2D eigenvalue weighted by atomic mass is 79.9. The zero-order valence-corrected chi connectivity index (χ0v) is 11.2. The third-order valence-corrected chi connectivity index (χ3v) is 3.43. The Bertz CT molecular complexity index is 403. The topological polar surface area (TPSA) is 49.0 Å². The van der Waals surface area contributed by atoms with Crippen molar-refractivity contribution in [3.05, 3.63) is 21.2 Å². The number of hydrogen-bond donors (Lipinski definition) is 1.